The van der Waals surface area contributed by atoms with Crippen LogP contribution in [0.4, 0.5) is 11.4 Å². The first-order chi connectivity index (χ1) is 9.93. The highest BCUT2D eigenvalue weighted by Gasteiger charge is 2.16. The van der Waals surface area contributed by atoms with Gasteiger partial charge in [-0.05, 0) is 30.3 Å². The molecule has 106 valence electrons. The van der Waals surface area contributed by atoms with Crippen LogP contribution >= 0.6 is 23.2 Å². The number of benzene rings is 2. The Labute approximate surface area is 132 Å². The second kappa shape index (κ2) is 6.04. The molecule has 1 amide bonds. The molecule has 0 saturated carbocycles. The van der Waals surface area contributed by atoms with Crippen molar-refractivity contribution in [2.75, 3.05) is 17.7 Å². The normalized spacial score (nSPS) is 10.0. The summed E-state index contributed by atoms with van der Waals surface area (Å²) in [5.74, 6) is -0.297. The number of rotatable bonds is 2. The predicted octanol–water partition coefficient (Wildman–Crippen LogP) is 3.72. The minimum Gasteiger partial charge on any atom is -0.396 e. The molecule has 0 aromatic heterocycles. The van der Waals surface area contributed by atoms with Crippen molar-refractivity contribution in [3.05, 3.63) is 57.6 Å². The number of anilines is 2. The summed E-state index contributed by atoms with van der Waals surface area (Å²) in [6.45, 7) is 0. The van der Waals surface area contributed by atoms with E-state index in [4.69, 9.17) is 34.2 Å². The maximum atomic E-state index is 12.4. The molecule has 0 aliphatic heterocycles. The standard InChI is InChI=1S/C15H11Cl2N3O/c1-20(11-4-2-3-9(5-11)8-18)15(21)10-6-12(16)14(19)13(17)7-10/h2-7H,19H2,1H3. The predicted molar refractivity (Wildman–Crippen MR) is 84.8 cm³/mol. The number of carbonyl (C=O) groups excluding carboxylic acids is 1. The summed E-state index contributed by atoms with van der Waals surface area (Å²) in [7, 11) is 1.61. The maximum absolute atomic E-state index is 12.4. The van der Waals surface area contributed by atoms with Gasteiger partial charge in [-0.2, -0.15) is 5.26 Å². The van der Waals surface area contributed by atoms with Crippen LogP contribution in [-0.2, 0) is 0 Å². The van der Waals surface area contributed by atoms with Gasteiger partial charge in [0.15, 0.2) is 0 Å². The van der Waals surface area contributed by atoms with E-state index in [-0.39, 0.29) is 21.6 Å². The molecule has 0 spiro atoms. The fourth-order valence-corrected chi connectivity index (χ4v) is 2.29. The average Bonchev–Trinajstić information content (AvgIpc) is 2.50. The highest BCUT2D eigenvalue weighted by atomic mass is 35.5. The largest absolute Gasteiger partial charge is 0.396 e. The lowest BCUT2D eigenvalue weighted by Gasteiger charge is -2.18. The van der Waals surface area contributed by atoms with Crippen LogP contribution in [-0.4, -0.2) is 13.0 Å². The summed E-state index contributed by atoms with van der Waals surface area (Å²) in [6.07, 6.45) is 0. The lowest BCUT2D eigenvalue weighted by atomic mass is 10.1. The topological polar surface area (TPSA) is 70.1 Å². The van der Waals surface area contributed by atoms with Gasteiger partial charge in [0.1, 0.15) is 0 Å². The second-order valence-electron chi connectivity index (χ2n) is 4.38. The Balaban J connectivity index is 2.37. The van der Waals surface area contributed by atoms with E-state index in [1.165, 1.54) is 17.0 Å². The van der Waals surface area contributed by atoms with Crippen LogP contribution in [0.15, 0.2) is 36.4 Å². The molecular formula is C15H11Cl2N3O. The number of hydrogen-bond acceptors (Lipinski definition) is 3. The molecule has 0 saturated heterocycles. The Hall–Kier alpha value is -2.22. The van der Waals surface area contributed by atoms with E-state index in [1.807, 2.05) is 6.07 Å². The Morgan fingerprint density at radius 2 is 1.86 bits per heavy atom. The molecule has 0 fully saturated rings. The van der Waals surface area contributed by atoms with E-state index in [2.05, 4.69) is 0 Å². The molecular weight excluding hydrogens is 309 g/mol. The summed E-state index contributed by atoms with van der Waals surface area (Å²) in [6, 6.07) is 11.7. The first-order valence-corrected chi connectivity index (χ1v) is 6.72. The van der Waals surface area contributed by atoms with E-state index in [1.54, 1.807) is 31.3 Å². The lowest BCUT2D eigenvalue weighted by Crippen LogP contribution is -2.26. The van der Waals surface area contributed by atoms with Gasteiger partial charge in [0.05, 0.1) is 27.4 Å². The van der Waals surface area contributed by atoms with E-state index >= 15 is 0 Å². The van der Waals surface area contributed by atoms with Gasteiger partial charge < -0.3 is 10.6 Å². The van der Waals surface area contributed by atoms with Gasteiger partial charge in [-0.15, -0.1) is 0 Å². The molecule has 4 nitrogen and oxygen atoms in total. The van der Waals surface area contributed by atoms with Crippen LogP contribution in [0.1, 0.15) is 15.9 Å². The summed E-state index contributed by atoms with van der Waals surface area (Å²) in [5, 5.41) is 9.35. The van der Waals surface area contributed by atoms with E-state index in [0.717, 1.165) is 0 Å². The number of nitrogen functional groups attached to an aromatic ring is 1. The van der Waals surface area contributed by atoms with Crippen molar-refractivity contribution >= 4 is 40.5 Å². The summed E-state index contributed by atoms with van der Waals surface area (Å²) in [4.78, 5) is 13.9. The molecule has 21 heavy (non-hydrogen) atoms. The molecule has 2 N–H and O–H groups in total. The van der Waals surface area contributed by atoms with Crippen LogP contribution < -0.4 is 10.6 Å². The molecule has 0 aliphatic carbocycles. The van der Waals surface area contributed by atoms with Gasteiger partial charge in [0, 0.05) is 18.3 Å². The van der Waals surface area contributed by atoms with Crippen LogP contribution in [0, 0.1) is 11.3 Å². The molecule has 0 bridgehead atoms. The van der Waals surface area contributed by atoms with E-state index in [0.29, 0.717) is 16.8 Å². The van der Waals surface area contributed by atoms with Crippen LogP contribution in [0.2, 0.25) is 10.0 Å². The lowest BCUT2D eigenvalue weighted by molar-refractivity contribution is 0.0993. The van der Waals surface area contributed by atoms with Gasteiger partial charge >= 0.3 is 0 Å². The zero-order valence-electron chi connectivity index (χ0n) is 11.1. The monoisotopic (exact) mass is 319 g/mol. The number of nitrogens with two attached hydrogens (primary N) is 1. The van der Waals surface area contributed by atoms with Crippen molar-refractivity contribution < 1.29 is 4.79 Å². The SMILES string of the molecule is CN(C(=O)c1cc(Cl)c(N)c(Cl)c1)c1cccc(C#N)c1. The zero-order chi connectivity index (χ0) is 15.6. The van der Waals surface area contributed by atoms with Crippen LogP contribution in [0.25, 0.3) is 0 Å². The molecule has 0 aliphatic rings. The quantitative estimate of drug-likeness (QED) is 0.857. The fourth-order valence-electron chi connectivity index (χ4n) is 1.80. The molecule has 2 aromatic rings. The molecule has 0 unspecified atom stereocenters. The van der Waals surface area contributed by atoms with Gasteiger partial charge in [0.2, 0.25) is 0 Å². The van der Waals surface area contributed by atoms with Crippen LogP contribution in [0.3, 0.4) is 0 Å². The molecule has 0 radical (unpaired) electrons. The van der Waals surface area contributed by atoms with Crippen molar-refractivity contribution in [3.8, 4) is 6.07 Å². The summed E-state index contributed by atoms with van der Waals surface area (Å²) < 4.78 is 0. The van der Waals surface area contributed by atoms with Crippen molar-refractivity contribution in [1.82, 2.24) is 0 Å². The van der Waals surface area contributed by atoms with Gasteiger partial charge in [-0.25, -0.2) is 0 Å². The second-order valence-corrected chi connectivity index (χ2v) is 5.19. The molecule has 0 heterocycles. The van der Waals surface area contributed by atoms with Gasteiger partial charge in [-0.3, -0.25) is 4.79 Å². The van der Waals surface area contributed by atoms with Crippen molar-refractivity contribution in [2.24, 2.45) is 0 Å². The summed E-state index contributed by atoms with van der Waals surface area (Å²) in [5.41, 5.74) is 7.29. The van der Waals surface area contributed by atoms with Crippen molar-refractivity contribution in [1.29, 1.82) is 5.26 Å². The third kappa shape index (κ3) is 3.10. The Morgan fingerprint density at radius 1 is 1.24 bits per heavy atom. The number of nitriles is 1. The number of halogens is 2. The van der Waals surface area contributed by atoms with E-state index in [9.17, 15) is 4.79 Å². The molecule has 6 heteroatoms. The number of nitrogens with zero attached hydrogens (tertiary/aromatic N) is 2. The number of amides is 1. The number of carbonyl (C=O) groups is 1. The van der Waals surface area contributed by atoms with Crippen molar-refractivity contribution in [3.63, 3.8) is 0 Å². The Bertz CT molecular complexity index is 730. The average molecular weight is 320 g/mol. The third-order valence-corrected chi connectivity index (χ3v) is 3.62. The molecule has 2 rings (SSSR count). The van der Waals surface area contributed by atoms with Crippen molar-refractivity contribution in [2.45, 2.75) is 0 Å². The van der Waals surface area contributed by atoms with Gasteiger partial charge in [-0.1, -0.05) is 29.3 Å². The van der Waals surface area contributed by atoms with E-state index < -0.39 is 0 Å². The fraction of sp³-hybridized carbons (Fsp3) is 0.0667. The molecule has 2 aromatic carbocycles. The highest BCUT2D eigenvalue weighted by molar-refractivity contribution is 6.39. The number of hydrogen-bond donors (Lipinski definition) is 1. The minimum atomic E-state index is -0.297. The first-order valence-electron chi connectivity index (χ1n) is 5.96. The molecule has 0 atom stereocenters. The smallest absolute Gasteiger partial charge is 0.258 e. The Morgan fingerprint density at radius 3 is 2.43 bits per heavy atom. The highest BCUT2D eigenvalue weighted by Crippen LogP contribution is 2.29. The first kappa shape index (κ1) is 15.2. The zero-order valence-corrected chi connectivity index (χ0v) is 12.6. The third-order valence-electron chi connectivity index (χ3n) is 2.99. The maximum Gasteiger partial charge on any atom is 0.258 e. The summed E-state index contributed by atoms with van der Waals surface area (Å²) >= 11 is 11.9. The van der Waals surface area contributed by atoms with Crippen LogP contribution in [0.5, 0.6) is 0 Å². The minimum absolute atomic E-state index is 0.227. The Kier molecular flexibility index (Phi) is 4.37. The van der Waals surface area contributed by atoms with Gasteiger partial charge in [0.25, 0.3) is 5.91 Å².